The predicted octanol–water partition coefficient (Wildman–Crippen LogP) is 0.623. The molecular formula is C14H16N2O3. The number of anilines is 1. The van der Waals surface area contributed by atoms with E-state index in [4.69, 9.17) is 0 Å². The summed E-state index contributed by atoms with van der Waals surface area (Å²) in [6.45, 7) is 1.05. The summed E-state index contributed by atoms with van der Waals surface area (Å²) < 4.78 is 0. The second-order valence-corrected chi connectivity index (χ2v) is 4.56. The second kappa shape index (κ2) is 5.65. The Balaban J connectivity index is 2.11. The highest BCUT2D eigenvalue weighted by Crippen LogP contribution is 2.18. The van der Waals surface area contributed by atoms with Crippen molar-refractivity contribution in [3.63, 3.8) is 0 Å². The van der Waals surface area contributed by atoms with Gasteiger partial charge in [-0.2, -0.15) is 0 Å². The van der Waals surface area contributed by atoms with Gasteiger partial charge in [0.2, 0.25) is 0 Å². The molecular weight excluding hydrogens is 244 g/mol. The third kappa shape index (κ3) is 2.81. The Kier molecular flexibility index (Phi) is 3.94. The molecule has 0 atom stereocenters. The van der Waals surface area contributed by atoms with Gasteiger partial charge in [-0.25, -0.2) is 0 Å². The quantitative estimate of drug-likeness (QED) is 0.589. The van der Waals surface area contributed by atoms with Crippen LogP contribution in [-0.4, -0.2) is 43.1 Å². The fourth-order valence-electron chi connectivity index (χ4n) is 2.05. The van der Waals surface area contributed by atoms with Crippen LogP contribution in [0.2, 0.25) is 0 Å². The highest BCUT2D eigenvalue weighted by Gasteiger charge is 2.30. The molecule has 1 fully saturated rings. The average Bonchev–Trinajstić information content (AvgIpc) is 2.44. The number of carbonyl (C=O) groups is 3. The van der Waals surface area contributed by atoms with E-state index in [9.17, 15) is 14.4 Å². The van der Waals surface area contributed by atoms with Crippen molar-refractivity contribution in [2.24, 2.45) is 0 Å². The monoisotopic (exact) mass is 260 g/mol. The van der Waals surface area contributed by atoms with Gasteiger partial charge in [0.1, 0.15) is 6.29 Å². The number of carbonyl (C=O) groups excluding carboxylic acids is 3. The van der Waals surface area contributed by atoms with Crippen molar-refractivity contribution >= 4 is 23.8 Å². The Morgan fingerprint density at radius 3 is 2.42 bits per heavy atom. The summed E-state index contributed by atoms with van der Waals surface area (Å²) >= 11 is 0. The van der Waals surface area contributed by atoms with E-state index >= 15 is 0 Å². The highest BCUT2D eigenvalue weighted by atomic mass is 16.2. The van der Waals surface area contributed by atoms with Crippen LogP contribution in [0.1, 0.15) is 12.0 Å². The summed E-state index contributed by atoms with van der Waals surface area (Å²) in [6.07, 6.45) is 2.07. The lowest BCUT2D eigenvalue weighted by Crippen LogP contribution is -2.53. The standard InChI is InChI=1S/C14H16N2O3/c1-15-8-9-16(14(19)13(15)18)12-6-4-11(5-7-12)3-2-10-17/h4-7,10H,2-3,8-9H2,1H3. The van der Waals surface area contributed by atoms with Gasteiger partial charge in [0, 0.05) is 32.2 Å². The van der Waals surface area contributed by atoms with E-state index in [1.54, 1.807) is 7.05 Å². The van der Waals surface area contributed by atoms with E-state index in [0.717, 1.165) is 17.5 Å². The molecule has 0 saturated carbocycles. The van der Waals surface area contributed by atoms with E-state index in [-0.39, 0.29) is 0 Å². The number of piperazine rings is 1. The number of hydrogen-bond donors (Lipinski definition) is 0. The highest BCUT2D eigenvalue weighted by molar-refractivity contribution is 6.40. The molecule has 2 rings (SSSR count). The molecule has 1 aliphatic heterocycles. The first kappa shape index (κ1) is 13.3. The average molecular weight is 260 g/mol. The Morgan fingerprint density at radius 2 is 1.79 bits per heavy atom. The third-order valence-electron chi connectivity index (χ3n) is 3.23. The number of nitrogens with zero attached hydrogens (tertiary/aromatic N) is 2. The first-order valence-corrected chi connectivity index (χ1v) is 6.23. The smallest absolute Gasteiger partial charge is 0.316 e. The fraction of sp³-hybridized carbons (Fsp3) is 0.357. The van der Waals surface area contributed by atoms with Crippen LogP contribution in [0.15, 0.2) is 24.3 Å². The number of benzene rings is 1. The zero-order valence-electron chi connectivity index (χ0n) is 10.8. The topological polar surface area (TPSA) is 57.7 Å². The SMILES string of the molecule is CN1CCN(c2ccc(CCC=O)cc2)C(=O)C1=O. The molecule has 0 unspecified atom stereocenters. The first-order chi connectivity index (χ1) is 9.13. The molecule has 0 radical (unpaired) electrons. The van der Waals surface area contributed by atoms with Crippen molar-refractivity contribution in [1.82, 2.24) is 4.90 Å². The number of rotatable bonds is 4. The number of hydrogen-bond acceptors (Lipinski definition) is 3. The van der Waals surface area contributed by atoms with Crippen molar-refractivity contribution in [3.8, 4) is 0 Å². The van der Waals surface area contributed by atoms with Crippen LogP contribution in [0, 0.1) is 0 Å². The van der Waals surface area contributed by atoms with Gasteiger partial charge < -0.3 is 14.6 Å². The summed E-state index contributed by atoms with van der Waals surface area (Å²) in [5.41, 5.74) is 1.77. The Labute approximate surface area is 111 Å². The minimum Gasteiger partial charge on any atom is -0.336 e. The van der Waals surface area contributed by atoms with Crippen molar-refractivity contribution < 1.29 is 14.4 Å². The largest absolute Gasteiger partial charge is 0.336 e. The molecule has 5 nitrogen and oxygen atoms in total. The van der Waals surface area contributed by atoms with Gasteiger partial charge in [-0.1, -0.05) is 12.1 Å². The maximum atomic E-state index is 11.9. The molecule has 1 aliphatic rings. The molecule has 0 aliphatic carbocycles. The molecule has 1 heterocycles. The predicted molar refractivity (Wildman–Crippen MR) is 70.8 cm³/mol. The summed E-state index contributed by atoms with van der Waals surface area (Å²) in [7, 11) is 1.63. The third-order valence-corrected chi connectivity index (χ3v) is 3.23. The number of likely N-dealkylation sites (N-methyl/N-ethyl adjacent to an activating group) is 1. The number of aryl methyl sites for hydroxylation is 1. The van der Waals surface area contributed by atoms with Gasteiger partial charge in [0.15, 0.2) is 0 Å². The molecule has 1 saturated heterocycles. The van der Waals surface area contributed by atoms with Gasteiger partial charge in [-0.05, 0) is 24.1 Å². The fourth-order valence-corrected chi connectivity index (χ4v) is 2.05. The van der Waals surface area contributed by atoms with E-state index in [1.165, 1.54) is 9.80 Å². The van der Waals surface area contributed by atoms with Gasteiger partial charge in [-0.15, -0.1) is 0 Å². The van der Waals surface area contributed by atoms with Crippen LogP contribution in [0.25, 0.3) is 0 Å². The lowest BCUT2D eigenvalue weighted by atomic mass is 10.1. The van der Waals surface area contributed by atoms with Crippen LogP contribution in [0.3, 0.4) is 0 Å². The van der Waals surface area contributed by atoms with E-state index in [1.807, 2.05) is 24.3 Å². The zero-order valence-corrected chi connectivity index (χ0v) is 10.8. The molecule has 1 aromatic carbocycles. The molecule has 0 bridgehead atoms. The van der Waals surface area contributed by atoms with E-state index < -0.39 is 11.8 Å². The minimum atomic E-state index is -0.491. The van der Waals surface area contributed by atoms with Crippen molar-refractivity contribution in [3.05, 3.63) is 29.8 Å². The van der Waals surface area contributed by atoms with Crippen LogP contribution in [0.5, 0.6) is 0 Å². The second-order valence-electron chi connectivity index (χ2n) is 4.56. The lowest BCUT2D eigenvalue weighted by Gasteiger charge is -2.31. The molecule has 100 valence electrons. The van der Waals surface area contributed by atoms with E-state index in [2.05, 4.69) is 0 Å². The zero-order chi connectivity index (χ0) is 13.8. The van der Waals surface area contributed by atoms with Crippen molar-refractivity contribution in [2.75, 3.05) is 25.0 Å². The van der Waals surface area contributed by atoms with Crippen LogP contribution >= 0.6 is 0 Å². The van der Waals surface area contributed by atoms with Gasteiger partial charge in [-0.3, -0.25) is 9.59 Å². The molecule has 2 amide bonds. The van der Waals surface area contributed by atoms with Gasteiger partial charge in [0.25, 0.3) is 0 Å². The normalized spacial score (nSPS) is 15.8. The minimum absolute atomic E-state index is 0.476. The van der Waals surface area contributed by atoms with Gasteiger partial charge in [0.05, 0.1) is 0 Å². The number of aldehydes is 1. The summed E-state index contributed by atoms with van der Waals surface area (Å²) in [5.74, 6) is -0.967. The summed E-state index contributed by atoms with van der Waals surface area (Å²) in [4.78, 5) is 36.7. The molecule has 5 heteroatoms. The lowest BCUT2D eigenvalue weighted by molar-refractivity contribution is -0.145. The van der Waals surface area contributed by atoms with Crippen molar-refractivity contribution in [2.45, 2.75) is 12.8 Å². The summed E-state index contributed by atoms with van der Waals surface area (Å²) in [6, 6.07) is 7.40. The van der Waals surface area contributed by atoms with Crippen molar-refractivity contribution in [1.29, 1.82) is 0 Å². The molecule has 0 N–H and O–H groups in total. The Bertz CT molecular complexity index is 496. The van der Waals surface area contributed by atoms with Crippen LogP contribution in [0.4, 0.5) is 5.69 Å². The maximum absolute atomic E-state index is 11.9. The summed E-state index contributed by atoms with van der Waals surface area (Å²) in [5, 5.41) is 0. The molecule has 0 aromatic heterocycles. The maximum Gasteiger partial charge on any atom is 0.316 e. The Morgan fingerprint density at radius 1 is 1.11 bits per heavy atom. The van der Waals surface area contributed by atoms with Crippen LogP contribution in [-0.2, 0) is 20.8 Å². The molecule has 0 spiro atoms. The van der Waals surface area contributed by atoms with E-state index in [0.29, 0.717) is 25.9 Å². The molecule has 19 heavy (non-hydrogen) atoms. The Hall–Kier alpha value is -2.17. The first-order valence-electron chi connectivity index (χ1n) is 6.23. The molecule has 1 aromatic rings. The van der Waals surface area contributed by atoms with Crippen LogP contribution < -0.4 is 4.90 Å². The number of amides is 2. The van der Waals surface area contributed by atoms with Gasteiger partial charge >= 0.3 is 11.8 Å².